The second-order valence-corrected chi connectivity index (χ2v) is 7.65. The van der Waals surface area contributed by atoms with E-state index < -0.39 is 0 Å². The van der Waals surface area contributed by atoms with Crippen LogP contribution in [0.15, 0.2) is 27.8 Å². The Morgan fingerprint density at radius 3 is 2.84 bits per heavy atom. The zero-order valence-electron chi connectivity index (χ0n) is 16.0. The number of furan rings is 1. The van der Waals surface area contributed by atoms with Crippen LogP contribution in [0.3, 0.4) is 0 Å². The van der Waals surface area contributed by atoms with Gasteiger partial charge in [0.05, 0.1) is 25.5 Å². The summed E-state index contributed by atoms with van der Waals surface area (Å²) in [7, 11) is 1.75. The van der Waals surface area contributed by atoms with E-state index in [0.717, 1.165) is 50.9 Å². The van der Waals surface area contributed by atoms with E-state index in [0.29, 0.717) is 12.5 Å². The summed E-state index contributed by atoms with van der Waals surface area (Å²) in [6.45, 7) is 10.5. The molecule has 0 amide bonds. The molecule has 0 radical (unpaired) electrons. The number of ether oxygens (including phenoxy) is 2. The highest BCUT2D eigenvalue weighted by Crippen LogP contribution is 2.21. The highest BCUT2D eigenvalue weighted by atomic mass is 16.5. The van der Waals surface area contributed by atoms with Crippen molar-refractivity contribution in [1.82, 2.24) is 10.6 Å². The van der Waals surface area contributed by atoms with Gasteiger partial charge >= 0.3 is 0 Å². The molecule has 0 bridgehead atoms. The molecule has 2 heterocycles. The van der Waals surface area contributed by atoms with Crippen LogP contribution in [0.1, 0.15) is 33.0 Å². The third-order valence-corrected chi connectivity index (χ3v) is 4.49. The van der Waals surface area contributed by atoms with Gasteiger partial charge in [-0.25, -0.2) is 0 Å². The zero-order valence-corrected chi connectivity index (χ0v) is 16.0. The monoisotopic (exact) mass is 351 g/mol. The summed E-state index contributed by atoms with van der Waals surface area (Å²) in [5, 5.41) is 6.84. The first-order valence-corrected chi connectivity index (χ1v) is 9.14. The van der Waals surface area contributed by atoms with E-state index in [1.165, 1.54) is 0 Å². The molecule has 1 aromatic heterocycles. The van der Waals surface area contributed by atoms with Gasteiger partial charge in [-0.15, -0.1) is 0 Å². The second-order valence-electron chi connectivity index (χ2n) is 7.65. The summed E-state index contributed by atoms with van der Waals surface area (Å²) in [6.07, 6.45) is 3.71. The van der Waals surface area contributed by atoms with E-state index in [1.807, 2.05) is 12.1 Å². The smallest absolute Gasteiger partial charge is 0.191 e. The molecule has 142 valence electrons. The molecule has 0 aliphatic carbocycles. The molecule has 2 unspecified atom stereocenters. The summed E-state index contributed by atoms with van der Waals surface area (Å²) in [5.41, 5.74) is 0.0524. The van der Waals surface area contributed by atoms with Crippen LogP contribution < -0.4 is 10.6 Å². The topological polar surface area (TPSA) is 68.0 Å². The maximum Gasteiger partial charge on any atom is 0.191 e. The fourth-order valence-electron chi connectivity index (χ4n) is 2.79. The minimum atomic E-state index is 0.0524. The molecule has 2 rings (SSSR count). The van der Waals surface area contributed by atoms with Gasteiger partial charge in [-0.05, 0) is 24.0 Å². The molecule has 1 aliphatic heterocycles. The summed E-state index contributed by atoms with van der Waals surface area (Å²) in [6, 6.07) is 3.90. The lowest BCUT2D eigenvalue weighted by Gasteiger charge is -2.28. The van der Waals surface area contributed by atoms with Crippen molar-refractivity contribution < 1.29 is 13.9 Å². The predicted octanol–water partition coefficient (Wildman–Crippen LogP) is 2.45. The van der Waals surface area contributed by atoms with Gasteiger partial charge in [-0.1, -0.05) is 20.8 Å². The first-order valence-electron chi connectivity index (χ1n) is 9.14. The molecule has 25 heavy (non-hydrogen) atoms. The van der Waals surface area contributed by atoms with Crippen molar-refractivity contribution >= 4 is 5.96 Å². The summed E-state index contributed by atoms with van der Waals surface area (Å²) in [4.78, 5) is 4.74. The lowest BCUT2D eigenvalue weighted by atomic mass is 9.89. The molecule has 1 fully saturated rings. The number of guanidine groups is 1. The molecule has 2 N–H and O–H groups in total. The molecule has 0 aromatic carbocycles. The normalized spacial score (nSPS) is 19.8. The van der Waals surface area contributed by atoms with Crippen LogP contribution in [0, 0.1) is 11.3 Å². The van der Waals surface area contributed by atoms with E-state index in [-0.39, 0.29) is 11.5 Å². The molecule has 0 spiro atoms. The third kappa shape index (κ3) is 7.08. The van der Waals surface area contributed by atoms with E-state index in [4.69, 9.17) is 18.9 Å². The van der Waals surface area contributed by atoms with Crippen LogP contribution in [-0.4, -0.2) is 52.0 Å². The first kappa shape index (κ1) is 19.8. The van der Waals surface area contributed by atoms with Crippen molar-refractivity contribution in [3.05, 3.63) is 24.2 Å². The number of hydrogen-bond acceptors (Lipinski definition) is 4. The van der Waals surface area contributed by atoms with Crippen molar-refractivity contribution in [2.24, 2.45) is 16.3 Å². The summed E-state index contributed by atoms with van der Waals surface area (Å²) >= 11 is 0. The van der Waals surface area contributed by atoms with Crippen LogP contribution in [0.2, 0.25) is 0 Å². The maximum absolute atomic E-state index is 5.61. The molecule has 0 saturated carbocycles. The first-order chi connectivity index (χ1) is 12.0. The third-order valence-electron chi connectivity index (χ3n) is 4.49. The van der Waals surface area contributed by atoms with Crippen LogP contribution in [-0.2, 0) is 15.9 Å². The fraction of sp³-hybridized carbons (Fsp3) is 0.737. The highest BCUT2D eigenvalue weighted by Gasteiger charge is 2.24. The summed E-state index contributed by atoms with van der Waals surface area (Å²) < 4.78 is 16.4. The number of nitrogens with zero attached hydrogens (tertiary/aromatic N) is 1. The number of rotatable bonds is 8. The number of nitrogens with one attached hydrogen (secondary N) is 2. The number of aliphatic imine (C=N–C) groups is 1. The SMILES string of the molecule is COC(CN=C(NCCc1ccco1)NCC1CCOC1)C(C)(C)C. The lowest BCUT2D eigenvalue weighted by Crippen LogP contribution is -2.42. The van der Waals surface area contributed by atoms with E-state index >= 15 is 0 Å². The van der Waals surface area contributed by atoms with Gasteiger partial charge in [0.1, 0.15) is 5.76 Å². The Labute approximate surface area is 151 Å². The van der Waals surface area contributed by atoms with Gasteiger partial charge in [-0.3, -0.25) is 4.99 Å². The minimum Gasteiger partial charge on any atom is -0.469 e. The lowest BCUT2D eigenvalue weighted by molar-refractivity contribution is 0.0241. The van der Waals surface area contributed by atoms with E-state index in [1.54, 1.807) is 13.4 Å². The molecule has 1 aromatic rings. The van der Waals surface area contributed by atoms with Crippen LogP contribution in [0.5, 0.6) is 0 Å². The Morgan fingerprint density at radius 2 is 2.24 bits per heavy atom. The Balaban J connectivity index is 1.87. The zero-order chi connectivity index (χ0) is 18.1. The summed E-state index contributed by atoms with van der Waals surface area (Å²) in [5.74, 6) is 2.35. The molecule has 6 heteroatoms. The van der Waals surface area contributed by atoms with Crippen molar-refractivity contribution in [1.29, 1.82) is 0 Å². The Kier molecular flexibility index (Phi) is 7.78. The van der Waals surface area contributed by atoms with Crippen molar-refractivity contribution in [3.8, 4) is 0 Å². The van der Waals surface area contributed by atoms with Crippen LogP contribution >= 0.6 is 0 Å². The Morgan fingerprint density at radius 1 is 1.40 bits per heavy atom. The molecule has 1 saturated heterocycles. The van der Waals surface area contributed by atoms with Gasteiger partial charge in [0.15, 0.2) is 5.96 Å². The van der Waals surface area contributed by atoms with E-state index in [2.05, 4.69) is 31.4 Å². The van der Waals surface area contributed by atoms with Crippen molar-refractivity contribution in [2.45, 2.75) is 39.7 Å². The largest absolute Gasteiger partial charge is 0.469 e. The molecule has 6 nitrogen and oxygen atoms in total. The van der Waals surface area contributed by atoms with Crippen LogP contribution in [0.25, 0.3) is 0 Å². The van der Waals surface area contributed by atoms with Gasteiger partial charge < -0.3 is 24.5 Å². The van der Waals surface area contributed by atoms with Gasteiger partial charge in [0, 0.05) is 39.1 Å². The Hall–Kier alpha value is -1.53. The van der Waals surface area contributed by atoms with Gasteiger partial charge in [0.25, 0.3) is 0 Å². The Bertz CT molecular complexity index is 502. The maximum atomic E-state index is 5.61. The second kappa shape index (κ2) is 9.82. The molecular weight excluding hydrogens is 318 g/mol. The number of methoxy groups -OCH3 is 1. The average Bonchev–Trinajstić information content (AvgIpc) is 3.24. The molecular formula is C19H33N3O3. The fourth-order valence-corrected chi connectivity index (χ4v) is 2.79. The van der Waals surface area contributed by atoms with Gasteiger partial charge in [0.2, 0.25) is 0 Å². The predicted molar refractivity (Wildman–Crippen MR) is 99.9 cm³/mol. The minimum absolute atomic E-state index is 0.0524. The molecule has 1 aliphatic rings. The van der Waals surface area contributed by atoms with Gasteiger partial charge in [-0.2, -0.15) is 0 Å². The average molecular weight is 351 g/mol. The quantitative estimate of drug-likeness (QED) is 0.556. The van der Waals surface area contributed by atoms with E-state index in [9.17, 15) is 0 Å². The number of hydrogen-bond donors (Lipinski definition) is 2. The molecule has 2 atom stereocenters. The van der Waals surface area contributed by atoms with Crippen molar-refractivity contribution in [3.63, 3.8) is 0 Å². The standard InChI is InChI=1S/C19H33N3O3/c1-19(2,3)17(23-4)13-22-18(21-12-15-8-11-24-14-15)20-9-7-16-6-5-10-25-16/h5-6,10,15,17H,7-9,11-14H2,1-4H3,(H2,20,21,22). The van der Waals surface area contributed by atoms with Crippen LogP contribution in [0.4, 0.5) is 0 Å². The highest BCUT2D eigenvalue weighted by molar-refractivity contribution is 5.79. The van der Waals surface area contributed by atoms with Crippen molar-refractivity contribution in [2.75, 3.05) is 40.0 Å².